The van der Waals surface area contributed by atoms with E-state index in [1.54, 1.807) is 0 Å². The molecular formula is C11H14BrNO. The van der Waals surface area contributed by atoms with Gasteiger partial charge >= 0.3 is 0 Å². The zero-order valence-corrected chi connectivity index (χ0v) is 9.75. The first kappa shape index (κ1) is 9.99. The SMILES string of the molecule is Cc1cc(Br)ccc1OC1CC(N)C1. The molecule has 1 aromatic carbocycles. The van der Waals surface area contributed by atoms with E-state index in [0.717, 1.165) is 23.1 Å². The van der Waals surface area contributed by atoms with Gasteiger partial charge in [0, 0.05) is 10.5 Å². The largest absolute Gasteiger partial charge is 0.490 e. The first-order chi connectivity index (χ1) is 6.65. The molecule has 0 bridgehead atoms. The molecule has 2 nitrogen and oxygen atoms in total. The molecule has 0 atom stereocenters. The Bertz CT molecular complexity index is 334. The lowest BCUT2D eigenvalue weighted by Crippen LogP contribution is -2.43. The highest BCUT2D eigenvalue weighted by Gasteiger charge is 2.27. The predicted octanol–water partition coefficient (Wildman–Crippen LogP) is 2.63. The van der Waals surface area contributed by atoms with E-state index >= 15 is 0 Å². The molecule has 14 heavy (non-hydrogen) atoms. The maximum absolute atomic E-state index is 5.81. The molecule has 2 N–H and O–H groups in total. The molecule has 0 saturated heterocycles. The Morgan fingerprint density at radius 2 is 2.14 bits per heavy atom. The molecule has 1 saturated carbocycles. The molecule has 76 valence electrons. The summed E-state index contributed by atoms with van der Waals surface area (Å²) in [5.41, 5.74) is 6.86. The standard InChI is InChI=1S/C11H14BrNO/c1-7-4-8(12)2-3-11(7)14-10-5-9(13)6-10/h2-4,9-10H,5-6,13H2,1H3. The zero-order valence-electron chi connectivity index (χ0n) is 8.16. The summed E-state index contributed by atoms with van der Waals surface area (Å²) in [6, 6.07) is 6.41. The maximum Gasteiger partial charge on any atom is 0.122 e. The second kappa shape index (κ2) is 3.91. The van der Waals surface area contributed by atoms with Crippen molar-refractivity contribution in [3.05, 3.63) is 28.2 Å². The zero-order chi connectivity index (χ0) is 10.1. The summed E-state index contributed by atoms with van der Waals surface area (Å²) in [5.74, 6) is 0.977. The maximum atomic E-state index is 5.81. The molecule has 0 spiro atoms. The van der Waals surface area contributed by atoms with Gasteiger partial charge in [0.2, 0.25) is 0 Å². The molecule has 0 radical (unpaired) electrons. The summed E-state index contributed by atoms with van der Waals surface area (Å²) in [6.45, 7) is 2.05. The highest BCUT2D eigenvalue weighted by atomic mass is 79.9. The van der Waals surface area contributed by atoms with Gasteiger partial charge in [0.1, 0.15) is 11.9 Å². The van der Waals surface area contributed by atoms with Gasteiger partial charge in [0.15, 0.2) is 0 Å². The van der Waals surface area contributed by atoms with Gasteiger partial charge in [-0.2, -0.15) is 0 Å². The Hall–Kier alpha value is -0.540. The smallest absolute Gasteiger partial charge is 0.122 e. The number of ether oxygens (including phenoxy) is 1. The molecule has 0 aromatic heterocycles. The van der Waals surface area contributed by atoms with E-state index in [-0.39, 0.29) is 0 Å². The van der Waals surface area contributed by atoms with E-state index in [4.69, 9.17) is 10.5 Å². The second-order valence-corrected chi connectivity index (χ2v) is 4.80. The molecule has 3 heteroatoms. The van der Waals surface area contributed by atoms with E-state index in [0.29, 0.717) is 12.1 Å². The van der Waals surface area contributed by atoms with Crippen LogP contribution in [0.1, 0.15) is 18.4 Å². The van der Waals surface area contributed by atoms with Crippen molar-refractivity contribution in [2.45, 2.75) is 31.9 Å². The van der Waals surface area contributed by atoms with Crippen molar-refractivity contribution in [1.29, 1.82) is 0 Å². The van der Waals surface area contributed by atoms with Crippen molar-refractivity contribution in [3.63, 3.8) is 0 Å². The van der Waals surface area contributed by atoms with Crippen LogP contribution in [-0.2, 0) is 0 Å². The minimum atomic E-state index is 0.324. The van der Waals surface area contributed by atoms with Crippen LogP contribution in [0.3, 0.4) is 0 Å². The van der Waals surface area contributed by atoms with Gasteiger partial charge in [-0.25, -0.2) is 0 Å². The Morgan fingerprint density at radius 1 is 1.43 bits per heavy atom. The van der Waals surface area contributed by atoms with Crippen LogP contribution < -0.4 is 10.5 Å². The van der Waals surface area contributed by atoms with E-state index in [2.05, 4.69) is 28.9 Å². The fraction of sp³-hybridized carbons (Fsp3) is 0.455. The third kappa shape index (κ3) is 2.10. The molecule has 0 unspecified atom stereocenters. The Morgan fingerprint density at radius 3 is 2.71 bits per heavy atom. The Labute approximate surface area is 92.6 Å². The van der Waals surface area contributed by atoms with Crippen LogP contribution in [0.25, 0.3) is 0 Å². The van der Waals surface area contributed by atoms with Gasteiger partial charge in [0.05, 0.1) is 0 Å². The van der Waals surface area contributed by atoms with Crippen molar-refractivity contribution in [3.8, 4) is 5.75 Å². The molecule has 0 aliphatic heterocycles. The van der Waals surface area contributed by atoms with E-state index in [1.807, 2.05) is 12.1 Å². The molecule has 1 aliphatic carbocycles. The normalized spacial score (nSPS) is 25.6. The predicted molar refractivity (Wildman–Crippen MR) is 60.5 cm³/mol. The van der Waals surface area contributed by atoms with Crippen molar-refractivity contribution in [2.24, 2.45) is 5.73 Å². The van der Waals surface area contributed by atoms with Crippen molar-refractivity contribution >= 4 is 15.9 Å². The molecule has 1 aliphatic rings. The third-order valence-electron chi connectivity index (χ3n) is 2.56. The summed E-state index contributed by atoms with van der Waals surface area (Å²) >= 11 is 3.43. The number of hydrogen-bond donors (Lipinski definition) is 1. The number of nitrogens with two attached hydrogens (primary N) is 1. The molecule has 1 fully saturated rings. The van der Waals surface area contributed by atoms with Crippen molar-refractivity contribution < 1.29 is 4.74 Å². The quantitative estimate of drug-likeness (QED) is 0.882. The van der Waals surface area contributed by atoms with Gasteiger partial charge in [-0.1, -0.05) is 15.9 Å². The van der Waals surface area contributed by atoms with Gasteiger partial charge in [0.25, 0.3) is 0 Å². The third-order valence-corrected chi connectivity index (χ3v) is 3.06. The van der Waals surface area contributed by atoms with Crippen LogP contribution in [0.2, 0.25) is 0 Å². The van der Waals surface area contributed by atoms with Crippen molar-refractivity contribution in [1.82, 2.24) is 0 Å². The van der Waals surface area contributed by atoms with Crippen LogP contribution in [0, 0.1) is 6.92 Å². The highest BCUT2D eigenvalue weighted by Crippen LogP contribution is 2.28. The van der Waals surface area contributed by atoms with Gasteiger partial charge in [-0.15, -0.1) is 0 Å². The minimum absolute atomic E-state index is 0.324. The fourth-order valence-electron chi connectivity index (χ4n) is 1.63. The van der Waals surface area contributed by atoms with Gasteiger partial charge in [-0.3, -0.25) is 0 Å². The second-order valence-electron chi connectivity index (χ2n) is 3.88. The van der Waals surface area contributed by atoms with Crippen LogP contribution >= 0.6 is 15.9 Å². The van der Waals surface area contributed by atoms with Crippen LogP contribution in [-0.4, -0.2) is 12.1 Å². The van der Waals surface area contributed by atoms with E-state index in [9.17, 15) is 0 Å². The molecule has 2 rings (SSSR count). The number of hydrogen-bond acceptors (Lipinski definition) is 2. The Balaban J connectivity index is 2.02. The molecule has 1 aromatic rings. The topological polar surface area (TPSA) is 35.2 Å². The van der Waals surface area contributed by atoms with Crippen LogP contribution in [0.15, 0.2) is 22.7 Å². The summed E-state index contributed by atoms with van der Waals surface area (Å²) in [6.07, 6.45) is 2.29. The van der Waals surface area contributed by atoms with E-state index < -0.39 is 0 Å². The van der Waals surface area contributed by atoms with Gasteiger partial charge < -0.3 is 10.5 Å². The molecular weight excluding hydrogens is 242 g/mol. The summed E-state index contributed by atoms with van der Waals surface area (Å²) in [7, 11) is 0. The molecule has 0 heterocycles. The summed E-state index contributed by atoms with van der Waals surface area (Å²) < 4.78 is 6.90. The monoisotopic (exact) mass is 255 g/mol. The van der Waals surface area contributed by atoms with Crippen molar-refractivity contribution in [2.75, 3.05) is 0 Å². The Kier molecular flexibility index (Phi) is 2.79. The lowest BCUT2D eigenvalue weighted by molar-refractivity contribution is 0.100. The number of halogens is 1. The fourth-order valence-corrected chi connectivity index (χ4v) is 2.10. The van der Waals surface area contributed by atoms with Crippen LogP contribution in [0.4, 0.5) is 0 Å². The first-order valence-corrected chi connectivity index (χ1v) is 5.63. The average Bonchev–Trinajstić information content (AvgIpc) is 2.06. The lowest BCUT2D eigenvalue weighted by Gasteiger charge is -2.33. The lowest BCUT2D eigenvalue weighted by atomic mass is 9.90. The number of rotatable bonds is 2. The number of benzene rings is 1. The molecule has 0 amide bonds. The highest BCUT2D eigenvalue weighted by molar-refractivity contribution is 9.10. The summed E-state index contributed by atoms with van der Waals surface area (Å²) in [5, 5.41) is 0. The van der Waals surface area contributed by atoms with Gasteiger partial charge in [-0.05, 0) is 43.5 Å². The number of aryl methyl sites for hydroxylation is 1. The van der Waals surface area contributed by atoms with Crippen LogP contribution in [0.5, 0.6) is 5.75 Å². The summed E-state index contributed by atoms with van der Waals surface area (Å²) in [4.78, 5) is 0. The minimum Gasteiger partial charge on any atom is -0.490 e. The first-order valence-electron chi connectivity index (χ1n) is 4.83. The average molecular weight is 256 g/mol. The van der Waals surface area contributed by atoms with E-state index in [1.165, 1.54) is 5.56 Å².